The SMILES string of the molecule is O=c1c2ccc(F)cc2ncn1C1CCN(S(=O)(=O)c2ccccc2)CC1. The van der Waals surface area contributed by atoms with Crippen molar-refractivity contribution in [2.45, 2.75) is 23.8 Å². The number of benzene rings is 2. The Hall–Kier alpha value is -2.58. The Morgan fingerprint density at radius 2 is 1.74 bits per heavy atom. The van der Waals surface area contributed by atoms with Gasteiger partial charge in [-0.3, -0.25) is 9.36 Å². The second kappa shape index (κ2) is 6.86. The molecule has 0 bridgehead atoms. The highest BCUT2D eigenvalue weighted by Crippen LogP contribution is 2.26. The number of piperidine rings is 1. The van der Waals surface area contributed by atoms with Gasteiger partial charge >= 0.3 is 0 Å². The molecule has 2 heterocycles. The molecule has 0 radical (unpaired) electrons. The van der Waals surface area contributed by atoms with Gasteiger partial charge in [0, 0.05) is 25.2 Å². The molecule has 27 heavy (non-hydrogen) atoms. The van der Waals surface area contributed by atoms with Crippen LogP contribution in [0.4, 0.5) is 4.39 Å². The van der Waals surface area contributed by atoms with Crippen LogP contribution < -0.4 is 5.56 Å². The molecule has 0 unspecified atom stereocenters. The van der Waals surface area contributed by atoms with E-state index in [0.29, 0.717) is 36.8 Å². The number of aromatic nitrogens is 2. The lowest BCUT2D eigenvalue weighted by atomic mass is 10.1. The summed E-state index contributed by atoms with van der Waals surface area (Å²) in [7, 11) is -3.53. The molecule has 6 nitrogen and oxygen atoms in total. The second-order valence-corrected chi connectivity index (χ2v) is 8.50. The fraction of sp³-hybridized carbons (Fsp3) is 0.263. The molecule has 1 aliphatic heterocycles. The van der Waals surface area contributed by atoms with Crippen molar-refractivity contribution in [2.75, 3.05) is 13.1 Å². The van der Waals surface area contributed by atoms with Crippen LogP contribution in [0.15, 0.2) is 64.5 Å². The van der Waals surface area contributed by atoms with Crippen LogP contribution in [0.5, 0.6) is 0 Å². The first-order valence-corrected chi connectivity index (χ1v) is 10.1. The summed E-state index contributed by atoms with van der Waals surface area (Å²) in [5.74, 6) is -0.438. The number of halogens is 1. The minimum absolute atomic E-state index is 0.137. The van der Waals surface area contributed by atoms with Crippen molar-refractivity contribution >= 4 is 20.9 Å². The highest BCUT2D eigenvalue weighted by molar-refractivity contribution is 7.89. The zero-order chi connectivity index (χ0) is 19.0. The van der Waals surface area contributed by atoms with Crippen molar-refractivity contribution in [3.05, 3.63) is 71.0 Å². The average molecular weight is 387 g/mol. The number of sulfonamides is 1. The van der Waals surface area contributed by atoms with Crippen LogP contribution >= 0.6 is 0 Å². The summed E-state index contributed by atoms with van der Waals surface area (Å²) >= 11 is 0. The van der Waals surface area contributed by atoms with E-state index in [-0.39, 0.29) is 16.5 Å². The van der Waals surface area contributed by atoms with Gasteiger partial charge in [-0.2, -0.15) is 4.31 Å². The zero-order valence-corrected chi connectivity index (χ0v) is 15.3. The molecule has 0 N–H and O–H groups in total. The highest BCUT2D eigenvalue weighted by atomic mass is 32.2. The molecule has 0 spiro atoms. The van der Waals surface area contributed by atoms with Crippen LogP contribution in [0.25, 0.3) is 10.9 Å². The molecule has 1 aliphatic rings. The number of hydrogen-bond donors (Lipinski definition) is 0. The van der Waals surface area contributed by atoms with Gasteiger partial charge in [0.1, 0.15) is 5.82 Å². The van der Waals surface area contributed by atoms with Gasteiger partial charge < -0.3 is 0 Å². The van der Waals surface area contributed by atoms with Crippen molar-refractivity contribution < 1.29 is 12.8 Å². The van der Waals surface area contributed by atoms with E-state index in [1.54, 1.807) is 30.3 Å². The second-order valence-electron chi connectivity index (χ2n) is 6.57. The minimum atomic E-state index is -3.53. The Balaban J connectivity index is 1.56. The van der Waals surface area contributed by atoms with Crippen molar-refractivity contribution in [1.82, 2.24) is 13.9 Å². The fourth-order valence-electron chi connectivity index (χ4n) is 3.47. The molecule has 140 valence electrons. The van der Waals surface area contributed by atoms with Crippen LogP contribution in [-0.2, 0) is 10.0 Å². The van der Waals surface area contributed by atoms with Gasteiger partial charge in [0.25, 0.3) is 5.56 Å². The molecule has 1 saturated heterocycles. The third-order valence-corrected chi connectivity index (χ3v) is 6.86. The summed E-state index contributed by atoms with van der Waals surface area (Å²) in [5.41, 5.74) is 0.0877. The normalized spacial score (nSPS) is 16.6. The van der Waals surface area contributed by atoms with E-state index >= 15 is 0 Å². The maximum absolute atomic E-state index is 13.3. The van der Waals surface area contributed by atoms with Gasteiger partial charge in [-0.25, -0.2) is 17.8 Å². The molecule has 0 saturated carbocycles. The summed E-state index contributed by atoms with van der Waals surface area (Å²) in [6, 6.07) is 12.1. The first-order valence-electron chi connectivity index (χ1n) is 8.68. The van der Waals surface area contributed by atoms with Gasteiger partial charge in [-0.1, -0.05) is 18.2 Å². The van der Waals surface area contributed by atoms with Crippen molar-refractivity contribution in [3.63, 3.8) is 0 Å². The molecule has 2 aromatic carbocycles. The van der Waals surface area contributed by atoms with E-state index in [1.165, 1.54) is 33.4 Å². The molecule has 0 atom stereocenters. The van der Waals surface area contributed by atoms with Crippen LogP contribution in [0.1, 0.15) is 18.9 Å². The van der Waals surface area contributed by atoms with E-state index in [0.717, 1.165) is 0 Å². The lowest BCUT2D eigenvalue weighted by Gasteiger charge is -2.32. The summed E-state index contributed by atoms with van der Waals surface area (Å²) < 4.78 is 41.7. The van der Waals surface area contributed by atoms with Crippen molar-refractivity contribution in [2.24, 2.45) is 0 Å². The molecular weight excluding hydrogens is 369 g/mol. The number of hydrogen-bond acceptors (Lipinski definition) is 4. The highest BCUT2D eigenvalue weighted by Gasteiger charge is 2.30. The Bertz CT molecular complexity index is 1140. The lowest BCUT2D eigenvalue weighted by molar-refractivity contribution is 0.269. The van der Waals surface area contributed by atoms with Crippen molar-refractivity contribution in [3.8, 4) is 0 Å². The largest absolute Gasteiger partial charge is 0.296 e. The van der Waals surface area contributed by atoms with Crippen molar-refractivity contribution in [1.29, 1.82) is 0 Å². The Kier molecular flexibility index (Phi) is 4.53. The quantitative estimate of drug-likeness (QED) is 0.692. The summed E-state index contributed by atoms with van der Waals surface area (Å²) in [5, 5.41) is 0.359. The van der Waals surface area contributed by atoms with E-state index in [2.05, 4.69) is 4.98 Å². The zero-order valence-electron chi connectivity index (χ0n) is 14.5. The number of fused-ring (bicyclic) bond motifs is 1. The van der Waals surface area contributed by atoms with E-state index in [1.807, 2.05) is 0 Å². The van der Waals surface area contributed by atoms with E-state index < -0.39 is 15.8 Å². The third kappa shape index (κ3) is 3.26. The van der Waals surface area contributed by atoms with Gasteiger partial charge in [-0.05, 0) is 37.1 Å². The molecule has 1 aromatic heterocycles. The molecule has 3 aromatic rings. The van der Waals surface area contributed by atoms with Crippen LogP contribution in [0, 0.1) is 5.82 Å². The van der Waals surface area contributed by atoms with Crippen LogP contribution in [0.3, 0.4) is 0 Å². The standard InChI is InChI=1S/C19H18FN3O3S/c20-14-6-7-17-18(12-14)21-13-23(19(17)24)15-8-10-22(11-9-15)27(25,26)16-4-2-1-3-5-16/h1-7,12-13,15H,8-11H2. The first-order chi connectivity index (χ1) is 13.0. The van der Waals surface area contributed by atoms with E-state index in [9.17, 15) is 17.6 Å². The van der Waals surface area contributed by atoms with Gasteiger partial charge in [0.2, 0.25) is 10.0 Å². The lowest BCUT2D eigenvalue weighted by Crippen LogP contribution is -2.40. The van der Waals surface area contributed by atoms with Gasteiger partial charge in [0.05, 0.1) is 22.1 Å². The number of nitrogens with zero attached hydrogens (tertiary/aromatic N) is 3. The molecule has 0 amide bonds. The summed E-state index contributed by atoms with van der Waals surface area (Å²) in [4.78, 5) is 17.2. The smallest absolute Gasteiger partial charge is 0.261 e. The maximum Gasteiger partial charge on any atom is 0.261 e. The van der Waals surface area contributed by atoms with Gasteiger partial charge in [0.15, 0.2) is 0 Å². The number of rotatable bonds is 3. The molecular formula is C19H18FN3O3S. The van der Waals surface area contributed by atoms with Gasteiger partial charge in [-0.15, -0.1) is 0 Å². The van der Waals surface area contributed by atoms with Crippen LogP contribution in [0.2, 0.25) is 0 Å². The third-order valence-electron chi connectivity index (χ3n) is 4.94. The monoisotopic (exact) mass is 387 g/mol. The maximum atomic E-state index is 13.3. The molecule has 0 aliphatic carbocycles. The topological polar surface area (TPSA) is 72.3 Å². The molecule has 1 fully saturated rings. The first kappa shape index (κ1) is 17.8. The Morgan fingerprint density at radius 1 is 1.04 bits per heavy atom. The Morgan fingerprint density at radius 3 is 2.44 bits per heavy atom. The predicted octanol–water partition coefficient (Wildman–Crippen LogP) is 2.56. The molecule has 4 rings (SSSR count). The molecule has 8 heteroatoms. The summed E-state index contributed by atoms with van der Waals surface area (Å²) in [6.07, 6.45) is 2.46. The minimum Gasteiger partial charge on any atom is -0.296 e. The fourth-order valence-corrected chi connectivity index (χ4v) is 4.96. The Labute approximate surface area is 155 Å². The summed E-state index contributed by atoms with van der Waals surface area (Å²) in [6.45, 7) is 0.658. The van der Waals surface area contributed by atoms with E-state index in [4.69, 9.17) is 0 Å². The average Bonchev–Trinajstić information content (AvgIpc) is 2.69. The van der Waals surface area contributed by atoms with Crippen LogP contribution in [-0.4, -0.2) is 35.4 Å². The predicted molar refractivity (Wildman–Crippen MR) is 99.4 cm³/mol.